The zero-order chi connectivity index (χ0) is 12.3. The van der Waals surface area contributed by atoms with Crippen LogP contribution in [0.1, 0.15) is 25.6 Å². The molecule has 1 atom stereocenters. The molecule has 1 saturated heterocycles. The van der Waals surface area contributed by atoms with Crippen LogP contribution in [0.4, 0.5) is 0 Å². The summed E-state index contributed by atoms with van der Waals surface area (Å²) >= 11 is 0. The first kappa shape index (κ1) is 12.6. The molecule has 0 aromatic carbocycles. The third-order valence-corrected chi connectivity index (χ3v) is 3.86. The zero-order valence-corrected chi connectivity index (χ0v) is 11.1. The van der Waals surface area contributed by atoms with Crippen molar-refractivity contribution < 1.29 is 0 Å². The van der Waals surface area contributed by atoms with E-state index in [1.165, 1.54) is 5.69 Å². The summed E-state index contributed by atoms with van der Waals surface area (Å²) < 4.78 is 0. The smallest absolute Gasteiger partial charge is 0.0651 e. The quantitative estimate of drug-likeness (QED) is 0.729. The average molecular weight is 236 g/mol. The van der Waals surface area contributed by atoms with Gasteiger partial charge in [-0.05, 0) is 33.0 Å². The van der Waals surface area contributed by atoms with E-state index >= 15 is 0 Å². The summed E-state index contributed by atoms with van der Waals surface area (Å²) in [7, 11) is 2.04. The number of hydrogen-bond donors (Lipinski definition) is 3. The Morgan fingerprint density at radius 3 is 2.59 bits per heavy atom. The van der Waals surface area contributed by atoms with Gasteiger partial charge in [-0.25, -0.2) is 0 Å². The normalized spacial score (nSPS) is 20.4. The molecule has 3 N–H and O–H groups in total. The predicted octanol–water partition coefficient (Wildman–Crippen LogP) is 0.959. The number of aromatic amines is 1. The number of H-pyrrole nitrogens is 1. The lowest BCUT2D eigenvalue weighted by molar-refractivity contribution is 0.0687. The van der Waals surface area contributed by atoms with Crippen LogP contribution in [0.2, 0.25) is 0 Å². The fraction of sp³-hybridized carbons (Fsp3) is 0.692. The maximum Gasteiger partial charge on any atom is 0.0651 e. The molecule has 4 heteroatoms. The van der Waals surface area contributed by atoms with Gasteiger partial charge in [0.05, 0.1) is 6.04 Å². The Balaban J connectivity index is 2.16. The standard InChI is InChI=1S/C13H24N4/c1-13(2,17-9-7-15-8-10-17)12(14-3)11-5-4-6-16-11/h4-6,12,14-16H,7-10H2,1-3H3. The predicted molar refractivity (Wildman–Crippen MR) is 71.1 cm³/mol. The number of rotatable bonds is 4. The number of aromatic nitrogens is 1. The first-order chi connectivity index (χ1) is 8.16. The molecule has 1 aromatic heterocycles. The summed E-state index contributed by atoms with van der Waals surface area (Å²) in [6.45, 7) is 9.05. The van der Waals surface area contributed by atoms with Crippen LogP contribution < -0.4 is 10.6 Å². The Hall–Kier alpha value is -0.840. The fourth-order valence-corrected chi connectivity index (χ4v) is 2.84. The van der Waals surface area contributed by atoms with Crippen LogP contribution in [-0.2, 0) is 0 Å². The topological polar surface area (TPSA) is 43.1 Å². The van der Waals surface area contributed by atoms with E-state index in [2.05, 4.69) is 46.5 Å². The van der Waals surface area contributed by atoms with Gasteiger partial charge in [-0.1, -0.05) is 0 Å². The lowest BCUT2D eigenvalue weighted by Gasteiger charge is -2.45. The Labute approximate surface area is 104 Å². The third-order valence-electron chi connectivity index (χ3n) is 3.86. The van der Waals surface area contributed by atoms with Gasteiger partial charge in [-0.15, -0.1) is 0 Å². The van der Waals surface area contributed by atoms with Crippen LogP contribution in [0, 0.1) is 0 Å². The Bertz CT molecular complexity index is 325. The zero-order valence-electron chi connectivity index (χ0n) is 11.1. The van der Waals surface area contributed by atoms with E-state index in [0.29, 0.717) is 6.04 Å². The van der Waals surface area contributed by atoms with E-state index in [-0.39, 0.29) is 5.54 Å². The highest BCUT2D eigenvalue weighted by atomic mass is 15.3. The molecule has 0 bridgehead atoms. The molecule has 96 valence electrons. The van der Waals surface area contributed by atoms with Gasteiger partial charge in [0.25, 0.3) is 0 Å². The number of piperazine rings is 1. The molecule has 1 aliphatic heterocycles. The van der Waals surface area contributed by atoms with Crippen molar-refractivity contribution >= 4 is 0 Å². The molecule has 2 heterocycles. The van der Waals surface area contributed by atoms with E-state index in [0.717, 1.165) is 26.2 Å². The van der Waals surface area contributed by atoms with Crippen molar-refractivity contribution in [1.29, 1.82) is 0 Å². The summed E-state index contributed by atoms with van der Waals surface area (Å²) in [4.78, 5) is 5.89. The lowest BCUT2D eigenvalue weighted by Crippen LogP contribution is -2.58. The summed E-state index contributed by atoms with van der Waals surface area (Å²) in [5, 5.41) is 6.86. The van der Waals surface area contributed by atoms with Gasteiger partial charge in [-0.2, -0.15) is 0 Å². The lowest BCUT2D eigenvalue weighted by atomic mass is 9.89. The SMILES string of the molecule is CNC(c1ccc[nH]1)C(C)(C)N1CCNCC1. The summed E-state index contributed by atoms with van der Waals surface area (Å²) in [6, 6.07) is 4.55. The van der Waals surface area contributed by atoms with Crippen LogP contribution in [0.25, 0.3) is 0 Å². The van der Waals surface area contributed by atoms with Crippen LogP contribution in [0.5, 0.6) is 0 Å². The Morgan fingerprint density at radius 2 is 2.06 bits per heavy atom. The fourth-order valence-electron chi connectivity index (χ4n) is 2.84. The molecule has 2 rings (SSSR count). The van der Waals surface area contributed by atoms with Gasteiger partial charge in [0.2, 0.25) is 0 Å². The van der Waals surface area contributed by atoms with E-state index in [4.69, 9.17) is 0 Å². The molecule has 1 fully saturated rings. The highest BCUT2D eigenvalue weighted by molar-refractivity contribution is 5.15. The number of likely N-dealkylation sites (N-methyl/N-ethyl adjacent to an activating group) is 1. The van der Waals surface area contributed by atoms with Gasteiger partial charge < -0.3 is 15.6 Å². The molecule has 1 unspecified atom stereocenters. The second-order valence-corrected chi connectivity index (χ2v) is 5.24. The van der Waals surface area contributed by atoms with Crippen LogP contribution >= 0.6 is 0 Å². The van der Waals surface area contributed by atoms with E-state index in [9.17, 15) is 0 Å². The second-order valence-electron chi connectivity index (χ2n) is 5.24. The molecule has 0 saturated carbocycles. The van der Waals surface area contributed by atoms with Gasteiger partial charge in [0.1, 0.15) is 0 Å². The van der Waals surface area contributed by atoms with E-state index in [1.54, 1.807) is 0 Å². The molecular formula is C13H24N4. The monoisotopic (exact) mass is 236 g/mol. The molecule has 0 spiro atoms. The first-order valence-corrected chi connectivity index (χ1v) is 6.42. The van der Waals surface area contributed by atoms with Gasteiger partial charge in [0.15, 0.2) is 0 Å². The van der Waals surface area contributed by atoms with E-state index < -0.39 is 0 Å². The molecule has 1 aliphatic rings. The minimum Gasteiger partial charge on any atom is -0.364 e. The van der Waals surface area contributed by atoms with E-state index in [1.807, 2.05) is 13.2 Å². The van der Waals surface area contributed by atoms with Crippen LogP contribution in [0.3, 0.4) is 0 Å². The second kappa shape index (κ2) is 5.21. The number of hydrogen-bond acceptors (Lipinski definition) is 3. The van der Waals surface area contributed by atoms with Crippen molar-refractivity contribution in [2.24, 2.45) is 0 Å². The first-order valence-electron chi connectivity index (χ1n) is 6.42. The summed E-state index contributed by atoms with van der Waals surface area (Å²) in [5.41, 5.74) is 1.37. The maximum atomic E-state index is 3.45. The molecule has 0 radical (unpaired) electrons. The average Bonchev–Trinajstić information content (AvgIpc) is 2.84. The van der Waals surface area contributed by atoms with Crippen molar-refractivity contribution in [2.45, 2.75) is 25.4 Å². The van der Waals surface area contributed by atoms with Crippen LogP contribution in [-0.4, -0.2) is 48.6 Å². The largest absolute Gasteiger partial charge is 0.364 e. The Morgan fingerprint density at radius 1 is 1.35 bits per heavy atom. The third kappa shape index (κ3) is 2.54. The van der Waals surface area contributed by atoms with Gasteiger partial charge in [0, 0.05) is 43.6 Å². The number of nitrogens with zero attached hydrogens (tertiary/aromatic N) is 1. The molecule has 1 aromatic rings. The molecule has 17 heavy (non-hydrogen) atoms. The summed E-state index contributed by atoms with van der Waals surface area (Å²) in [5.74, 6) is 0. The van der Waals surface area contributed by atoms with Crippen LogP contribution in [0.15, 0.2) is 18.3 Å². The van der Waals surface area contributed by atoms with Gasteiger partial charge in [-0.3, -0.25) is 4.90 Å². The van der Waals surface area contributed by atoms with Crippen molar-refractivity contribution in [3.8, 4) is 0 Å². The molecule has 0 amide bonds. The van der Waals surface area contributed by atoms with Crippen molar-refractivity contribution in [1.82, 2.24) is 20.5 Å². The Kier molecular flexibility index (Phi) is 3.86. The van der Waals surface area contributed by atoms with Crippen molar-refractivity contribution in [2.75, 3.05) is 33.2 Å². The highest BCUT2D eigenvalue weighted by Crippen LogP contribution is 2.30. The number of nitrogens with one attached hydrogen (secondary N) is 3. The summed E-state index contributed by atoms with van der Waals surface area (Å²) in [6.07, 6.45) is 1.99. The molecular weight excluding hydrogens is 212 g/mol. The minimum atomic E-state index is 0.113. The van der Waals surface area contributed by atoms with Crippen molar-refractivity contribution in [3.63, 3.8) is 0 Å². The van der Waals surface area contributed by atoms with Crippen molar-refractivity contribution in [3.05, 3.63) is 24.0 Å². The maximum absolute atomic E-state index is 3.45. The molecule has 4 nitrogen and oxygen atoms in total. The minimum absolute atomic E-state index is 0.113. The van der Waals surface area contributed by atoms with Gasteiger partial charge >= 0.3 is 0 Å². The molecule has 0 aliphatic carbocycles. The highest BCUT2D eigenvalue weighted by Gasteiger charge is 2.36.